The molecule has 0 spiro atoms. The summed E-state index contributed by atoms with van der Waals surface area (Å²) in [7, 11) is 0. The molecule has 0 bridgehead atoms. The first-order valence-corrected chi connectivity index (χ1v) is 7.59. The number of hydrogen-bond donors (Lipinski definition) is 1. The van der Waals surface area contributed by atoms with Crippen molar-refractivity contribution in [2.24, 2.45) is 5.10 Å². The van der Waals surface area contributed by atoms with E-state index in [-0.39, 0.29) is 5.91 Å². The number of hydrogen-bond acceptors (Lipinski definition) is 5. The van der Waals surface area contributed by atoms with E-state index in [4.69, 9.17) is 11.6 Å². The monoisotopic (exact) mass is 357 g/mol. The zero-order valence-electron chi connectivity index (χ0n) is 13.0. The van der Waals surface area contributed by atoms with E-state index in [1.54, 1.807) is 31.2 Å². The fraction of sp³-hybridized carbons (Fsp3) is 0.0588. The summed E-state index contributed by atoms with van der Waals surface area (Å²) in [6.45, 7) is 1.67. The number of benzene rings is 2. The number of carbonyl (C=O) groups excluding carboxylic acids is 1. The Morgan fingerprint density at radius 1 is 1.28 bits per heavy atom. The number of nitro groups is 1. The van der Waals surface area contributed by atoms with Gasteiger partial charge in [0, 0.05) is 11.1 Å². The van der Waals surface area contributed by atoms with Crippen molar-refractivity contribution in [1.82, 2.24) is 0 Å². The minimum Gasteiger partial charge on any atom is -0.502 e. The summed E-state index contributed by atoms with van der Waals surface area (Å²) in [5.41, 5.74) is 1.29. The lowest BCUT2D eigenvalue weighted by Gasteiger charge is -2.11. The molecule has 0 aromatic heterocycles. The Hall–Kier alpha value is -3.19. The summed E-state index contributed by atoms with van der Waals surface area (Å²) in [4.78, 5) is 22.9. The number of halogens is 1. The highest BCUT2D eigenvalue weighted by atomic mass is 35.5. The van der Waals surface area contributed by atoms with E-state index in [2.05, 4.69) is 5.10 Å². The first-order valence-electron chi connectivity index (χ1n) is 7.21. The lowest BCUT2D eigenvalue weighted by Crippen LogP contribution is -2.21. The Balaban J connectivity index is 1.98. The van der Waals surface area contributed by atoms with Crippen LogP contribution in [0.5, 0.6) is 5.75 Å². The molecule has 1 amide bonds. The first-order chi connectivity index (χ1) is 11.9. The Morgan fingerprint density at radius 3 is 2.72 bits per heavy atom. The molecule has 0 saturated carbocycles. The predicted octanol–water partition coefficient (Wildman–Crippen LogP) is 3.76. The van der Waals surface area contributed by atoms with Crippen molar-refractivity contribution in [1.29, 1.82) is 0 Å². The number of nitro benzene ring substituents is 1. The number of aromatic hydroxyl groups is 1. The predicted molar refractivity (Wildman–Crippen MR) is 94.8 cm³/mol. The second-order valence-corrected chi connectivity index (χ2v) is 5.78. The van der Waals surface area contributed by atoms with Crippen LogP contribution in [-0.2, 0) is 4.79 Å². The first kappa shape index (κ1) is 16.7. The summed E-state index contributed by atoms with van der Waals surface area (Å²) >= 11 is 5.95. The molecule has 7 nitrogen and oxygen atoms in total. The Labute approximate surface area is 147 Å². The molecule has 1 aliphatic rings. The lowest BCUT2D eigenvalue weighted by atomic mass is 10.1. The topological polar surface area (TPSA) is 96.0 Å². The highest BCUT2D eigenvalue weighted by molar-refractivity contribution is 6.33. The number of anilines is 1. The van der Waals surface area contributed by atoms with Crippen LogP contribution >= 0.6 is 11.6 Å². The van der Waals surface area contributed by atoms with Crippen LogP contribution in [0.2, 0.25) is 5.02 Å². The molecule has 2 aromatic carbocycles. The number of hydrazone groups is 1. The number of carbonyl (C=O) groups is 1. The molecule has 1 aliphatic heterocycles. The van der Waals surface area contributed by atoms with Crippen LogP contribution in [0.1, 0.15) is 12.5 Å². The number of phenols is 1. The molecular weight excluding hydrogens is 346 g/mol. The third-order valence-corrected chi connectivity index (χ3v) is 3.86. The van der Waals surface area contributed by atoms with Crippen molar-refractivity contribution in [3.8, 4) is 5.75 Å². The molecule has 1 N–H and O–H groups in total. The molecule has 0 aliphatic carbocycles. The highest BCUT2D eigenvalue weighted by Crippen LogP contribution is 2.30. The van der Waals surface area contributed by atoms with E-state index >= 15 is 0 Å². The third kappa shape index (κ3) is 3.22. The number of rotatable bonds is 3. The molecular formula is C17H12ClN3O4. The molecule has 0 radical (unpaired) electrons. The average Bonchev–Trinajstić information content (AvgIpc) is 2.84. The van der Waals surface area contributed by atoms with Crippen LogP contribution in [0.25, 0.3) is 6.08 Å². The number of phenolic OH excluding ortho intramolecular Hbond substituents is 1. The fourth-order valence-electron chi connectivity index (χ4n) is 2.41. The van der Waals surface area contributed by atoms with Gasteiger partial charge in [0.25, 0.3) is 5.91 Å². The van der Waals surface area contributed by atoms with Crippen LogP contribution in [0.4, 0.5) is 11.4 Å². The van der Waals surface area contributed by atoms with Crippen molar-refractivity contribution >= 4 is 40.7 Å². The zero-order valence-corrected chi connectivity index (χ0v) is 13.8. The quantitative estimate of drug-likeness (QED) is 0.514. The van der Waals surface area contributed by atoms with Crippen molar-refractivity contribution in [2.45, 2.75) is 6.92 Å². The summed E-state index contributed by atoms with van der Waals surface area (Å²) < 4.78 is 0. The van der Waals surface area contributed by atoms with Crippen LogP contribution in [-0.4, -0.2) is 21.6 Å². The Bertz CT molecular complexity index is 953. The van der Waals surface area contributed by atoms with Crippen LogP contribution < -0.4 is 5.01 Å². The normalized spacial score (nSPS) is 15.6. The van der Waals surface area contributed by atoms with Gasteiger partial charge in [-0.05, 0) is 42.8 Å². The van der Waals surface area contributed by atoms with Crippen LogP contribution in [0.15, 0.2) is 53.1 Å². The largest absolute Gasteiger partial charge is 0.502 e. The minimum absolute atomic E-state index is 0.306. The molecule has 0 fully saturated rings. The molecule has 8 heteroatoms. The third-order valence-electron chi connectivity index (χ3n) is 3.62. The van der Waals surface area contributed by atoms with E-state index in [0.717, 1.165) is 0 Å². The molecule has 3 rings (SSSR count). The van der Waals surface area contributed by atoms with Gasteiger partial charge in [0.2, 0.25) is 0 Å². The molecule has 0 unspecified atom stereocenters. The van der Waals surface area contributed by atoms with E-state index in [0.29, 0.717) is 27.6 Å². The maximum absolute atomic E-state index is 12.6. The molecule has 1 heterocycles. The number of nitrogens with zero attached hydrogens (tertiary/aromatic N) is 3. The van der Waals surface area contributed by atoms with Crippen molar-refractivity contribution in [3.05, 3.63) is 68.7 Å². The van der Waals surface area contributed by atoms with Crippen LogP contribution in [0, 0.1) is 10.1 Å². The zero-order chi connectivity index (χ0) is 18.1. The Kier molecular flexibility index (Phi) is 4.24. The van der Waals surface area contributed by atoms with E-state index in [1.165, 1.54) is 29.3 Å². The van der Waals surface area contributed by atoms with Crippen LogP contribution in [0.3, 0.4) is 0 Å². The van der Waals surface area contributed by atoms with Gasteiger partial charge in [-0.15, -0.1) is 0 Å². The van der Waals surface area contributed by atoms with E-state index < -0.39 is 16.4 Å². The standard InChI is InChI=1S/C17H12ClN3O4/c1-10-14(7-11-5-6-16(22)15(8-11)21(24)25)17(23)20(19-10)13-4-2-3-12(18)9-13/h2-9,22H,1H3/b14-7-. The molecule has 2 aromatic rings. The van der Waals surface area contributed by atoms with E-state index in [1.807, 2.05) is 0 Å². The van der Waals surface area contributed by atoms with Crippen molar-refractivity contribution in [2.75, 3.05) is 5.01 Å². The second-order valence-electron chi connectivity index (χ2n) is 5.35. The van der Waals surface area contributed by atoms with Crippen molar-refractivity contribution < 1.29 is 14.8 Å². The van der Waals surface area contributed by atoms with Gasteiger partial charge >= 0.3 is 5.69 Å². The van der Waals surface area contributed by atoms with Gasteiger partial charge in [0.05, 0.1) is 21.9 Å². The fourth-order valence-corrected chi connectivity index (χ4v) is 2.59. The van der Waals surface area contributed by atoms with Gasteiger partial charge in [-0.1, -0.05) is 23.7 Å². The van der Waals surface area contributed by atoms with Gasteiger partial charge in [0.1, 0.15) is 0 Å². The second kappa shape index (κ2) is 6.37. The molecule has 0 atom stereocenters. The van der Waals surface area contributed by atoms with Gasteiger partial charge in [-0.2, -0.15) is 10.1 Å². The van der Waals surface area contributed by atoms with Gasteiger partial charge < -0.3 is 5.11 Å². The average molecular weight is 358 g/mol. The molecule has 25 heavy (non-hydrogen) atoms. The summed E-state index contributed by atoms with van der Waals surface area (Å²) in [5.74, 6) is -0.800. The Morgan fingerprint density at radius 2 is 2.04 bits per heavy atom. The summed E-state index contributed by atoms with van der Waals surface area (Å²) in [6, 6.07) is 10.6. The van der Waals surface area contributed by atoms with Crippen molar-refractivity contribution in [3.63, 3.8) is 0 Å². The maximum Gasteiger partial charge on any atom is 0.311 e. The summed E-state index contributed by atoms with van der Waals surface area (Å²) in [6.07, 6.45) is 1.50. The van der Waals surface area contributed by atoms with Gasteiger partial charge in [-0.25, -0.2) is 0 Å². The summed E-state index contributed by atoms with van der Waals surface area (Å²) in [5, 5.41) is 26.4. The van der Waals surface area contributed by atoms with Gasteiger partial charge in [0.15, 0.2) is 5.75 Å². The smallest absolute Gasteiger partial charge is 0.311 e. The molecule has 126 valence electrons. The highest BCUT2D eigenvalue weighted by Gasteiger charge is 2.29. The molecule has 0 saturated heterocycles. The van der Waals surface area contributed by atoms with E-state index in [9.17, 15) is 20.0 Å². The number of amides is 1. The maximum atomic E-state index is 12.6. The lowest BCUT2D eigenvalue weighted by molar-refractivity contribution is -0.385. The van der Waals surface area contributed by atoms with Gasteiger partial charge in [-0.3, -0.25) is 14.9 Å². The SMILES string of the molecule is CC1=NN(c2cccc(Cl)c2)C(=O)/C1=C\c1ccc(O)c([N+](=O)[O-])c1. The minimum atomic E-state index is -0.687.